The summed E-state index contributed by atoms with van der Waals surface area (Å²) >= 11 is -0.656. The molecule has 0 aromatic rings. The minimum absolute atomic E-state index is 0.656. The summed E-state index contributed by atoms with van der Waals surface area (Å²) in [6, 6.07) is 0. The molecule has 1 rings (SSSR count). The molecule has 0 amide bonds. The number of nitrogens with zero attached hydrogens (tertiary/aromatic N) is 1. The van der Waals surface area contributed by atoms with Crippen molar-refractivity contribution in [1.29, 1.82) is 0 Å². The fourth-order valence-corrected chi connectivity index (χ4v) is 9.92. The Morgan fingerprint density at radius 3 is 2.07 bits per heavy atom. The molecule has 0 spiro atoms. The normalized spacial score (nSPS) is 16.6. The van der Waals surface area contributed by atoms with Gasteiger partial charge in [0, 0.05) is 0 Å². The molecule has 0 radical (unpaired) electrons. The molecule has 0 aliphatic carbocycles. The average Bonchev–Trinajstić information content (AvgIpc) is 2.71. The van der Waals surface area contributed by atoms with E-state index in [0.29, 0.717) is 0 Å². The Balaban J connectivity index is 2.04. The monoisotopic (exact) mass is 267 g/mol. The summed E-state index contributed by atoms with van der Waals surface area (Å²) in [5, 5.41) is 0. The molecule has 0 unspecified atom stereocenters. The van der Waals surface area contributed by atoms with Gasteiger partial charge in [0.25, 0.3) is 0 Å². The Morgan fingerprint density at radius 1 is 0.933 bits per heavy atom. The van der Waals surface area contributed by atoms with Crippen LogP contribution in [0.15, 0.2) is 0 Å². The third kappa shape index (κ3) is 6.03. The number of rotatable bonds is 8. The van der Waals surface area contributed by atoms with Crippen LogP contribution in [0.1, 0.15) is 46.0 Å². The Hall–Kier alpha value is 0.596. The molecule has 0 aromatic heterocycles. The van der Waals surface area contributed by atoms with Gasteiger partial charge in [0.05, 0.1) is 0 Å². The third-order valence-electron chi connectivity index (χ3n) is 3.64. The zero-order chi connectivity index (χ0) is 10.9. The van der Waals surface area contributed by atoms with Crippen molar-refractivity contribution in [2.45, 2.75) is 60.9 Å². The minimum atomic E-state index is -0.656. The Bertz CT molecular complexity index is 137. The van der Waals surface area contributed by atoms with E-state index in [1.54, 1.807) is 27.8 Å². The molecule has 1 aliphatic heterocycles. The van der Waals surface area contributed by atoms with Crippen LogP contribution in [0, 0.1) is 0 Å². The predicted molar refractivity (Wildman–Crippen MR) is 71.0 cm³/mol. The van der Waals surface area contributed by atoms with Gasteiger partial charge in [-0.05, 0) is 0 Å². The van der Waals surface area contributed by atoms with Crippen LogP contribution in [0.5, 0.6) is 0 Å². The van der Waals surface area contributed by atoms with Crippen LogP contribution in [0.4, 0.5) is 0 Å². The summed E-state index contributed by atoms with van der Waals surface area (Å²) in [5.74, 6) is 0. The first-order valence-electron chi connectivity index (χ1n) is 7.09. The van der Waals surface area contributed by atoms with Crippen LogP contribution in [0.3, 0.4) is 0 Å². The quantitative estimate of drug-likeness (QED) is 0.605. The molecule has 1 aliphatic rings. The van der Waals surface area contributed by atoms with Gasteiger partial charge in [0.1, 0.15) is 0 Å². The Morgan fingerprint density at radius 2 is 1.53 bits per heavy atom. The summed E-state index contributed by atoms with van der Waals surface area (Å²) < 4.78 is 0. The van der Waals surface area contributed by atoms with E-state index >= 15 is 0 Å². The second-order valence-electron chi connectivity index (χ2n) is 5.13. The maximum absolute atomic E-state index is 2.68. The van der Waals surface area contributed by atoms with Crippen molar-refractivity contribution in [3.8, 4) is 0 Å². The van der Waals surface area contributed by atoms with Gasteiger partial charge >= 0.3 is 102 Å². The van der Waals surface area contributed by atoms with E-state index in [2.05, 4.69) is 18.7 Å². The first-order valence-corrected chi connectivity index (χ1v) is 12.2. The molecule has 0 aromatic carbocycles. The van der Waals surface area contributed by atoms with Crippen LogP contribution in [-0.4, -0.2) is 40.8 Å². The Labute approximate surface area is 102 Å². The van der Waals surface area contributed by atoms with E-state index in [4.69, 9.17) is 0 Å². The van der Waals surface area contributed by atoms with Gasteiger partial charge in [0.2, 0.25) is 0 Å². The first-order chi connectivity index (χ1) is 7.36. The van der Waals surface area contributed by atoms with E-state index in [1.165, 1.54) is 38.9 Å². The van der Waals surface area contributed by atoms with Crippen molar-refractivity contribution in [1.82, 2.24) is 4.90 Å². The molecule has 0 atom stereocenters. The molecular weight excluding hydrogens is 240 g/mol. The fourth-order valence-electron chi connectivity index (χ4n) is 2.87. The molecule has 1 heterocycles. The van der Waals surface area contributed by atoms with E-state index in [-0.39, 0.29) is 0 Å². The van der Waals surface area contributed by atoms with Crippen molar-refractivity contribution in [3.05, 3.63) is 0 Å². The molecule has 0 bridgehead atoms. The summed E-state index contributed by atoms with van der Waals surface area (Å²) in [5.41, 5.74) is 0. The second kappa shape index (κ2) is 8.71. The summed E-state index contributed by atoms with van der Waals surface area (Å²) in [6.07, 6.45) is 7.33. The molecule has 2 heteroatoms. The predicted octanol–water partition coefficient (Wildman–Crippen LogP) is 3.79. The van der Waals surface area contributed by atoms with Gasteiger partial charge in [-0.15, -0.1) is 0 Å². The molecule has 1 fully saturated rings. The summed E-state index contributed by atoms with van der Waals surface area (Å²) in [6.45, 7) is 8.65. The zero-order valence-electron chi connectivity index (χ0n) is 10.8. The fraction of sp³-hybridized carbons (Fsp3) is 1.00. The van der Waals surface area contributed by atoms with Crippen molar-refractivity contribution >= 4 is 16.2 Å². The molecule has 0 saturated carbocycles. The molecule has 15 heavy (non-hydrogen) atoms. The van der Waals surface area contributed by atoms with Crippen LogP contribution < -0.4 is 0 Å². The van der Waals surface area contributed by atoms with Crippen molar-refractivity contribution < 1.29 is 0 Å². The Kier molecular flexibility index (Phi) is 7.94. The van der Waals surface area contributed by atoms with Gasteiger partial charge in [-0.25, -0.2) is 0 Å². The molecule has 88 valence electrons. The van der Waals surface area contributed by atoms with Crippen molar-refractivity contribution in [2.24, 2.45) is 0 Å². The maximum atomic E-state index is 2.68. The van der Waals surface area contributed by atoms with Gasteiger partial charge in [0.15, 0.2) is 0 Å². The van der Waals surface area contributed by atoms with E-state index in [0.717, 1.165) is 0 Å². The number of hydrogen-bond acceptors (Lipinski definition) is 1. The molecular formula is C13H28GaN. The molecule has 1 saturated heterocycles. The number of hydrogen-bond donors (Lipinski definition) is 0. The zero-order valence-corrected chi connectivity index (χ0v) is 13.2. The van der Waals surface area contributed by atoms with Gasteiger partial charge in [-0.1, -0.05) is 0 Å². The second-order valence-corrected chi connectivity index (χ2v) is 12.4. The van der Waals surface area contributed by atoms with Gasteiger partial charge < -0.3 is 0 Å². The van der Waals surface area contributed by atoms with Gasteiger partial charge in [-0.3, -0.25) is 0 Å². The van der Waals surface area contributed by atoms with Crippen LogP contribution >= 0.6 is 0 Å². The summed E-state index contributed by atoms with van der Waals surface area (Å²) in [4.78, 5) is 7.76. The van der Waals surface area contributed by atoms with E-state index < -0.39 is 16.2 Å². The topological polar surface area (TPSA) is 3.24 Å². The molecule has 1 nitrogen and oxygen atoms in total. The van der Waals surface area contributed by atoms with Crippen LogP contribution in [0.25, 0.3) is 0 Å². The van der Waals surface area contributed by atoms with E-state index in [9.17, 15) is 0 Å². The van der Waals surface area contributed by atoms with Gasteiger partial charge in [-0.2, -0.15) is 0 Å². The molecule has 0 N–H and O–H groups in total. The SMILES string of the molecule is CCCN(CCC)CC[CH2][Ga]1[CH2]CC[CH2]1. The summed E-state index contributed by atoms with van der Waals surface area (Å²) in [7, 11) is 0. The van der Waals surface area contributed by atoms with Crippen LogP contribution in [0.2, 0.25) is 14.9 Å². The van der Waals surface area contributed by atoms with Crippen molar-refractivity contribution in [3.63, 3.8) is 0 Å². The average molecular weight is 268 g/mol. The van der Waals surface area contributed by atoms with E-state index in [1.807, 2.05) is 0 Å². The third-order valence-corrected chi connectivity index (χ3v) is 11.3. The first kappa shape index (κ1) is 13.7. The van der Waals surface area contributed by atoms with Crippen molar-refractivity contribution in [2.75, 3.05) is 19.6 Å². The standard InChI is InChI=1S/C9H20N.C4H8.Ga/c1-4-7-10(8-5-2)9-6-3;1-3-4-2;/h1,4-9H2,2-3H3;1-4H2;. The van der Waals surface area contributed by atoms with Crippen LogP contribution in [-0.2, 0) is 0 Å².